The van der Waals surface area contributed by atoms with Gasteiger partial charge in [0.15, 0.2) is 6.04 Å². The van der Waals surface area contributed by atoms with E-state index in [-0.39, 0.29) is 18.4 Å². The smallest absolute Gasteiger partial charge is 0.202 e. The standard InChI is InChI=1S/C7H15BrNO2/c1-9(2,3)6(5-10)7(11)4-8/h6,10H,4-5H2,1-3H3/q+1. The first-order valence-corrected chi connectivity index (χ1v) is 4.56. The number of carbonyl (C=O) groups excluding carboxylic acids is 1. The van der Waals surface area contributed by atoms with Gasteiger partial charge in [0, 0.05) is 0 Å². The molecule has 11 heavy (non-hydrogen) atoms. The molecule has 0 amide bonds. The van der Waals surface area contributed by atoms with Gasteiger partial charge in [-0.25, -0.2) is 0 Å². The molecule has 0 aromatic rings. The van der Waals surface area contributed by atoms with Crippen molar-refractivity contribution in [2.75, 3.05) is 33.1 Å². The summed E-state index contributed by atoms with van der Waals surface area (Å²) in [5.74, 6) is 0.0417. The Labute approximate surface area is 75.7 Å². The largest absolute Gasteiger partial charge is 0.390 e. The molecule has 0 aromatic carbocycles. The Morgan fingerprint density at radius 2 is 2.00 bits per heavy atom. The maximum absolute atomic E-state index is 11.2. The van der Waals surface area contributed by atoms with Gasteiger partial charge in [-0.15, -0.1) is 0 Å². The molecular formula is C7H15BrNO2+. The average molecular weight is 225 g/mol. The molecular weight excluding hydrogens is 210 g/mol. The number of halogens is 1. The number of quaternary nitrogens is 1. The van der Waals surface area contributed by atoms with Crippen molar-refractivity contribution in [2.45, 2.75) is 6.04 Å². The van der Waals surface area contributed by atoms with E-state index in [1.54, 1.807) is 0 Å². The van der Waals surface area contributed by atoms with Crippen molar-refractivity contribution in [1.29, 1.82) is 0 Å². The minimum atomic E-state index is -0.311. The molecule has 0 spiro atoms. The van der Waals surface area contributed by atoms with Crippen LogP contribution in [0.2, 0.25) is 0 Å². The molecule has 0 saturated carbocycles. The molecule has 0 fully saturated rings. The van der Waals surface area contributed by atoms with Gasteiger partial charge in [-0.1, -0.05) is 15.9 Å². The summed E-state index contributed by atoms with van der Waals surface area (Å²) < 4.78 is 0.473. The summed E-state index contributed by atoms with van der Waals surface area (Å²) in [5.41, 5.74) is 0. The third-order valence-corrected chi connectivity index (χ3v) is 2.16. The van der Waals surface area contributed by atoms with Crippen LogP contribution in [-0.4, -0.2) is 54.5 Å². The summed E-state index contributed by atoms with van der Waals surface area (Å²) in [6.45, 7) is -0.0894. The lowest BCUT2D eigenvalue weighted by Gasteiger charge is -2.31. The number of aliphatic hydroxyl groups excluding tert-OH is 1. The number of hydrogen-bond donors (Lipinski definition) is 1. The highest BCUT2D eigenvalue weighted by Gasteiger charge is 2.29. The van der Waals surface area contributed by atoms with Crippen LogP contribution in [0.3, 0.4) is 0 Å². The topological polar surface area (TPSA) is 37.3 Å². The number of Topliss-reactive ketones (excluding diaryl/α,β-unsaturated/α-hetero) is 1. The normalized spacial score (nSPS) is 14.6. The number of nitrogens with zero attached hydrogens (tertiary/aromatic N) is 1. The van der Waals surface area contributed by atoms with Crippen molar-refractivity contribution >= 4 is 21.7 Å². The van der Waals surface area contributed by atoms with E-state index in [9.17, 15) is 4.79 Å². The summed E-state index contributed by atoms with van der Waals surface area (Å²) in [7, 11) is 5.67. The van der Waals surface area contributed by atoms with E-state index in [0.717, 1.165) is 0 Å². The first-order valence-electron chi connectivity index (χ1n) is 3.44. The number of carbonyl (C=O) groups is 1. The van der Waals surface area contributed by atoms with Gasteiger partial charge in [-0.3, -0.25) is 4.79 Å². The molecule has 0 radical (unpaired) electrons. The van der Waals surface area contributed by atoms with Gasteiger partial charge in [0.2, 0.25) is 5.78 Å². The molecule has 0 aliphatic heterocycles. The first-order chi connectivity index (χ1) is 4.93. The fourth-order valence-electron chi connectivity index (χ4n) is 0.868. The molecule has 1 N–H and O–H groups in total. The van der Waals surface area contributed by atoms with Crippen LogP contribution in [0.15, 0.2) is 0 Å². The zero-order valence-corrected chi connectivity index (χ0v) is 8.76. The lowest BCUT2D eigenvalue weighted by molar-refractivity contribution is -0.886. The van der Waals surface area contributed by atoms with Crippen molar-refractivity contribution in [2.24, 2.45) is 0 Å². The number of likely N-dealkylation sites (N-methyl/N-ethyl adjacent to an activating group) is 1. The maximum atomic E-state index is 11.2. The van der Waals surface area contributed by atoms with Crippen molar-refractivity contribution in [1.82, 2.24) is 0 Å². The Hall–Kier alpha value is 0.0700. The highest BCUT2D eigenvalue weighted by atomic mass is 79.9. The summed E-state index contributed by atoms with van der Waals surface area (Å²) >= 11 is 3.08. The third-order valence-electron chi connectivity index (χ3n) is 1.61. The Bertz CT molecular complexity index is 142. The molecule has 0 aliphatic carbocycles. The quantitative estimate of drug-likeness (QED) is 0.541. The van der Waals surface area contributed by atoms with Gasteiger partial charge in [-0.2, -0.15) is 0 Å². The van der Waals surface area contributed by atoms with Crippen molar-refractivity contribution in [3.8, 4) is 0 Å². The number of aliphatic hydroxyl groups is 1. The minimum absolute atomic E-state index is 0.0417. The van der Waals surface area contributed by atoms with E-state index in [0.29, 0.717) is 9.81 Å². The lowest BCUT2D eigenvalue weighted by atomic mass is 10.2. The third kappa shape index (κ3) is 3.31. The number of alkyl halides is 1. The zero-order chi connectivity index (χ0) is 9.07. The second kappa shape index (κ2) is 4.18. The molecule has 3 nitrogen and oxygen atoms in total. The van der Waals surface area contributed by atoms with Crippen LogP contribution in [0.5, 0.6) is 0 Å². The number of rotatable bonds is 4. The van der Waals surface area contributed by atoms with Crippen LogP contribution in [0.25, 0.3) is 0 Å². The van der Waals surface area contributed by atoms with E-state index < -0.39 is 0 Å². The molecule has 0 aromatic heterocycles. The Kier molecular flexibility index (Phi) is 4.21. The van der Waals surface area contributed by atoms with Crippen LogP contribution in [-0.2, 0) is 4.79 Å². The molecule has 0 saturated heterocycles. The predicted molar refractivity (Wildman–Crippen MR) is 47.7 cm³/mol. The molecule has 0 bridgehead atoms. The molecule has 1 unspecified atom stereocenters. The Morgan fingerprint density at radius 1 is 1.55 bits per heavy atom. The average Bonchev–Trinajstić information content (AvgIpc) is 1.86. The fourth-order valence-corrected chi connectivity index (χ4v) is 1.24. The lowest BCUT2D eigenvalue weighted by Crippen LogP contribution is -2.52. The molecule has 0 heterocycles. The number of hydrogen-bond acceptors (Lipinski definition) is 2. The first kappa shape index (κ1) is 11.1. The minimum Gasteiger partial charge on any atom is -0.390 e. The predicted octanol–water partition coefficient (Wildman–Crippen LogP) is 0.0175. The van der Waals surface area contributed by atoms with Gasteiger partial charge < -0.3 is 9.59 Å². The SMILES string of the molecule is C[N+](C)(C)C(CO)C(=O)CBr. The van der Waals surface area contributed by atoms with Crippen molar-refractivity contribution in [3.05, 3.63) is 0 Å². The Morgan fingerprint density at radius 3 is 2.09 bits per heavy atom. The van der Waals surface area contributed by atoms with Gasteiger partial charge in [0.05, 0.1) is 26.5 Å². The van der Waals surface area contributed by atoms with E-state index in [1.165, 1.54) is 0 Å². The van der Waals surface area contributed by atoms with Gasteiger partial charge in [0.25, 0.3) is 0 Å². The summed E-state index contributed by atoms with van der Waals surface area (Å²) in [6.07, 6.45) is 0. The monoisotopic (exact) mass is 224 g/mol. The van der Waals surface area contributed by atoms with Crippen molar-refractivity contribution < 1.29 is 14.4 Å². The molecule has 66 valence electrons. The molecule has 1 atom stereocenters. The second-order valence-electron chi connectivity index (χ2n) is 3.41. The van der Waals surface area contributed by atoms with Gasteiger partial charge in [-0.05, 0) is 0 Å². The van der Waals surface area contributed by atoms with Crippen LogP contribution in [0.4, 0.5) is 0 Å². The zero-order valence-electron chi connectivity index (χ0n) is 7.17. The van der Waals surface area contributed by atoms with Crippen LogP contribution >= 0.6 is 15.9 Å². The van der Waals surface area contributed by atoms with Crippen LogP contribution < -0.4 is 0 Å². The Balaban J connectivity index is 4.29. The number of ketones is 1. The summed E-state index contributed by atoms with van der Waals surface area (Å²) in [4.78, 5) is 11.2. The highest BCUT2D eigenvalue weighted by Crippen LogP contribution is 2.04. The van der Waals surface area contributed by atoms with Gasteiger partial charge in [0.1, 0.15) is 6.61 Å². The molecule has 0 rings (SSSR count). The molecule has 0 aliphatic rings. The van der Waals surface area contributed by atoms with Crippen LogP contribution in [0.1, 0.15) is 0 Å². The van der Waals surface area contributed by atoms with E-state index in [4.69, 9.17) is 5.11 Å². The molecule has 4 heteroatoms. The van der Waals surface area contributed by atoms with Crippen molar-refractivity contribution in [3.63, 3.8) is 0 Å². The second-order valence-corrected chi connectivity index (χ2v) is 3.98. The fraction of sp³-hybridized carbons (Fsp3) is 0.857. The maximum Gasteiger partial charge on any atom is 0.202 e. The summed E-state index contributed by atoms with van der Waals surface area (Å²) in [5, 5.41) is 9.22. The summed E-state index contributed by atoms with van der Waals surface area (Å²) in [6, 6.07) is -0.311. The highest BCUT2D eigenvalue weighted by molar-refractivity contribution is 9.09. The van der Waals surface area contributed by atoms with Gasteiger partial charge >= 0.3 is 0 Å². The van der Waals surface area contributed by atoms with E-state index in [2.05, 4.69) is 15.9 Å². The van der Waals surface area contributed by atoms with E-state index >= 15 is 0 Å². The van der Waals surface area contributed by atoms with E-state index in [1.807, 2.05) is 21.1 Å². The van der Waals surface area contributed by atoms with Crippen LogP contribution in [0, 0.1) is 0 Å².